The molecule has 0 amide bonds. The van der Waals surface area contributed by atoms with Crippen LogP contribution in [0.5, 0.6) is 0 Å². The lowest BCUT2D eigenvalue weighted by molar-refractivity contribution is -0.425. The number of hydrogen-bond acceptors (Lipinski definition) is 3. The molecule has 0 aliphatic rings. The fourth-order valence-corrected chi connectivity index (χ4v) is 2.37. The third kappa shape index (κ3) is 5.57. The molecule has 0 aliphatic heterocycles. The van der Waals surface area contributed by atoms with Crippen LogP contribution in [0.15, 0.2) is 0 Å². The summed E-state index contributed by atoms with van der Waals surface area (Å²) in [5.41, 5.74) is 0. The van der Waals surface area contributed by atoms with Crippen LogP contribution in [0.1, 0.15) is 0 Å². The van der Waals surface area contributed by atoms with Crippen LogP contribution in [-0.4, -0.2) is 32.3 Å². The van der Waals surface area contributed by atoms with Gasteiger partial charge in [0.05, 0.1) is 16.6 Å². The van der Waals surface area contributed by atoms with Crippen LogP contribution < -0.4 is 0 Å². The van der Waals surface area contributed by atoms with Crippen molar-refractivity contribution in [2.24, 2.45) is 0 Å². The highest BCUT2D eigenvalue weighted by Crippen LogP contribution is 2.14. The average molecular weight is 281 g/mol. The maximum Gasteiger partial charge on any atom is 0.221 e. The van der Waals surface area contributed by atoms with Crippen molar-refractivity contribution in [1.29, 1.82) is 0 Å². The van der Waals surface area contributed by atoms with E-state index in [1.54, 1.807) is 0 Å². The summed E-state index contributed by atoms with van der Waals surface area (Å²) >= 11 is 0. The normalized spacial score (nSPS) is 14.0. The van der Waals surface area contributed by atoms with Crippen LogP contribution in [-0.2, 0) is 14.2 Å². The minimum atomic E-state index is -1.63. The van der Waals surface area contributed by atoms with Crippen molar-refractivity contribution in [1.82, 2.24) is 0 Å². The Morgan fingerprint density at radius 3 is 1.13 bits per heavy atom. The van der Waals surface area contributed by atoms with Crippen LogP contribution in [0.25, 0.3) is 0 Å². The van der Waals surface area contributed by atoms with Gasteiger partial charge in [-0.05, 0) is 26.2 Å². The average Bonchev–Trinajstić information content (AvgIpc) is 2.02. The van der Waals surface area contributed by atoms with Crippen molar-refractivity contribution in [2.45, 2.75) is 52.4 Å². The van der Waals surface area contributed by atoms with E-state index in [0.717, 1.165) is 0 Å². The molecule has 0 aromatic carbocycles. The molecule has 0 atom stereocenters. The summed E-state index contributed by atoms with van der Waals surface area (Å²) in [4.78, 5) is 0. The Labute approximate surface area is 99.0 Å². The first-order chi connectivity index (χ1) is 6.59. The molecule has 0 rings (SSSR count). The van der Waals surface area contributed by atoms with E-state index in [1.165, 1.54) is 0 Å². The van der Waals surface area contributed by atoms with Gasteiger partial charge in [0.15, 0.2) is 0 Å². The predicted molar refractivity (Wildman–Crippen MR) is 73.2 cm³/mol. The third-order valence-electron chi connectivity index (χ3n) is 2.89. The SMILES string of the molecule is C[Si](C)[Si](C)(C)OOO[Si](C)(C)[Si](C)C. The lowest BCUT2D eigenvalue weighted by Gasteiger charge is -2.28. The molecule has 15 heavy (non-hydrogen) atoms. The van der Waals surface area contributed by atoms with Gasteiger partial charge in [-0.3, -0.25) is 9.15 Å². The molecule has 2 radical (unpaired) electrons. The molecule has 0 bridgehead atoms. The quantitative estimate of drug-likeness (QED) is 0.425. The minimum absolute atomic E-state index is 0.413. The van der Waals surface area contributed by atoms with Crippen LogP contribution in [0, 0.1) is 0 Å². The largest absolute Gasteiger partial charge is 0.262 e. The molecule has 90 valence electrons. The lowest BCUT2D eigenvalue weighted by atomic mass is 11.9. The second kappa shape index (κ2) is 5.89. The predicted octanol–water partition coefficient (Wildman–Crippen LogP) is 2.94. The van der Waals surface area contributed by atoms with E-state index in [0.29, 0.717) is 0 Å². The molecule has 0 saturated carbocycles. The lowest BCUT2D eigenvalue weighted by Crippen LogP contribution is -2.48. The molecular weight excluding hydrogens is 256 g/mol. The van der Waals surface area contributed by atoms with E-state index in [9.17, 15) is 0 Å². The fourth-order valence-electron chi connectivity index (χ4n) is 0.354. The first kappa shape index (κ1) is 15.7. The van der Waals surface area contributed by atoms with Crippen molar-refractivity contribution in [2.75, 3.05) is 0 Å². The van der Waals surface area contributed by atoms with Gasteiger partial charge in [-0.15, -0.1) is 0 Å². The van der Waals surface area contributed by atoms with Crippen LogP contribution >= 0.6 is 0 Å². The fraction of sp³-hybridized carbons (Fsp3) is 1.00. The summed E-state index contributed by atoms with van der Waals surface area (Å²) in [6.07, 6.45) is 0. The van der Waals surface area contributed by atoms with Gasteiger partial charge >= 0.3 is 0 Å². The van der Waals surface area contributed by atoms with E-state index < -0.39 is 32.3 Å². The summed E-state index contributed by atoms with van der Waals surface area (Å²) in [5.74, 6) is 0. The molecule has 7 heteroatoms. The maximum atomic E-state index is 5.49. The molecule has 0 aliphatic carbocycles. The van der Waals surface area contributed by atoms with E-state index in [-0.39, 0.29) is 0 Å². The van der Waals surface area contributed by atoms with Gasteiger partial charge in [-0.1, -0.05) is 31.2 Å². The highest BCUT2D eigenvalue weighted by molar-refractivity contribution is 7.28. The smallest absolute Gasteiger partial charge is 0.221 e. The highest BCUT2D eigenvalue weighted by Gasteiger charge is 2.34. The summed E-state index contributed by atoms with van der Waals surface area (Å²) in [7, 11) is -4.08. The Kier molecular flexibility index (Phi) is 6.19. The Bertz CT molecular complexity index is 174. The Morgan fingerprint density at radius 1 is 0.667 bits per heavy atom. The molecule has 0 aromatic rings. The summed E-state index contributed by atoms with van der Waals surface area (Å²) < 4.78 is 11.0. The Balaban J connectivity index is 4.00. The van der Waals surface area contributed by atoms with Crippen molar-refractivity contribution in [3.8, 4) is 0 Å². The van der Waals surface area contributed by atoms with Crippen molar-refractivity contribution < 1.29 is 14.2 Å². The number of rotatable bonds is 6. The zero-order valence-corrected chi connectivity index (χ0v) is 15.2. The van der Waals surface area contributed by atoms with Gasteiger partial charge in [0.2, 0.25) is 15.7 Å². The van der Waals surface area contributed by atoms with Gasteiger partial charge in [0.25, 0.3) is 0 Å². The Hall–Kier alpha value is 0.748. The van der Waals surface area contributed by atoms with Crippen molar-refractivity contribution >= 4 is 32.3 Å². The van der Waals surface area contributed by atoms with E-state index >= 15 is 0 Å². The molecule has 0 aromatic heterocycles. The highest BCUT2D eigenvalue weighted by atomic mass is 29.2. The van der Waals surface area contributed by atoms with Gasteiger partial charge < -0.3 is 0 Å². The van der Waals surface area contributed by atoms with Crippen LogP contribution in [0.2, 0.25) is 52.4 Å². The topological polar surface area (TPSA) is 27.7 Å². The second-order valence-corrected chi connectivity index (χ2v) is 28.9. The molecule has 0 N–H and O–H groups in total. The molecule has 3 nitrogen and oxygen atoms in total. The summed E-state index contributed by atoms with van der Waals surface area (Å²) in [5, 5.41) is 5.06. The zero-order chi connectivity index (χ0) is 12.3. The monoisotopic (exact) mass is 280 g/mol. The standard InChI is InChI=1S/C8H24O3Si4/c1-12(2)14(5,6)10-9-11-15(7,8)13(3)4/h1-8H3. The summed E-state index contributed by atoms with van der Waals surface area (Å²) in [6, 6.07) is 0. The van der Waals surface area contributed by atoms with E-state index in [2.05, 4.69) is 52.4 Å². The first-order valence-electron chi connectivity index (χ1n) is 5.24. The second-order valence-electron chi connectivity index (χ2n) is 5.26. The van der Waals surface area contributed by atoms with Gasteiger partial charge in [-0.25, -0.2) is 0 Å². The molecule has 0 heterocycles. The maximum absolute atomic E-state index is 5.49. The third-order valence-corrected chi connectivity index (χ3v) is 23.6. The zero-order valence-electron chi connectivity index (χ0n) is 11.2. The number of hydrogen-bond donors (Lipinski definition) is 0. The molecule has 0 unspecified atom stereocenters. The van der Waals surface area contributed by atoms with Crippen molar-refractivity contribution in [3.05, 3.63) is 0 Å². The van der Waals surface area contributed by atoms with E-state index in [1.807, 2.05) is 0 Å². The van der Waals surface area contributed by atoms with Crippen LogP contribution in [0.3, 0.4) is 0 Å². The first-order valence-corrected chi connectivity index (χ1v) is 18.1. The van der Waals surface area contributed by atoms with Crippen LogP contribution in [0.4, 0.5) is 0 Å². The van der Waals surface area contributed by atoms with Gasteiger partial charge in [-0.2, -0.15) is 0 Å². The van der Waals surface area contributed by atoms with Crippen molar-refractivity contribution in [3.63, 3.8) is 0 Å². The van der Waals surface area contributed by atoms with E-state index in [4.69, 9.17) is 14.2 Å². The molecular formula is C8H24O3Si4. The molecule has 0 fully saturated rings. The molecule has 0 saturated heterocycles. The van der Waals surface area contributed by atoms with Gasteiger partial charge in [0.1, 0.15) is 0 Å². The molecule has 0 spiro atoms. The minimum Gasteiger partial charge on any atom is -0.262 e. The Morgan fingerprint density at radius 2 is 0.933 bits per heavy atom. The summed E-state index contributed by atoms with van der Waals surface area (Å²) in [6.45, 7) is 17.8. The van der Waals surface area contributed by atoms with Gasteiger partial charge in [0, 0.05) is 0 Å².